The molecule has 65 heavy (non-hydrogen) atoms. The van der Waals surface area contributed by atoms with Crippen LogP contribution in [-0.4, -0.2) is 85.8 Å². The summed E-state index contributed by atoms with van der Waals surface area (Å²) in [6.07, 6.45) is 6.00. The van der Waals surface area contributed by atoms with Gasteiger partial charge in [-0.15, -0.1) is 0 Å². The van der Waals surface area contributed by atoms with Crippen LogP contribution >= 0.6 is 0 Å². The maximum Gasteiger partial charge on any atom is 0.339 e. The Labute approximate surface area is 377 Å². The topological polar surface area (TPSA) is 161 Å². The van der Waals surface area contributed by atoms with Crippen LogP contribution in [0.25, 0.3) is 21.5 Å². The summed E-state index contributed by atoms with van der Waals surface area (Å²) in [7, 11) is 0. The van der Waals surface area contributed by atoms with Gasteiger partial charge in [-0.05, 0) is 133 Å². The molecule has 2 atom stereocenters. The third-order valence-electron chi connectivity index (χ3n) is 10.8. The zero-order valence-electron chi connectivity index (χ0n) is 36.3. The third-order valence-corrected chi connectivity index (χ3v) is 10.8. The first-order valence-electron chi connectivity index (χ1n) is 21.9. The average Bonchev–Trinajstić information content (AvgIpc) is 3.54. The van der Waals surface area contributed by atoms with E-state index in [1.807, 2.05) is 54.6 Å². The van der Waals surface area contributed by atoms with Crippen molar-refractivity contribution in [2.45, 2.75) is 70.0 Å². The molecule has 0 N–H and O–H groups in total. The van der Waals surface area contributed by atoms with E-state index in [0.717, 1.165) is 95.5 Å². The molecule has 5 aromatic carbocycles. The molecule has 0 aliphatic carbocycles. The fraction of sp³-hybridized carbons (Fsp3) is 0.308. The van der Waals surface area contributed by atoms with Gasteiger partial charge in [-0.25, -0.2) is 19.2 Å². The minimum atomic E-state index is -1.71. The van der Waals surface area contributed by atoms with Crippen molar-refractivity contribution in [1.29, 1.82) is 0 Å². The van der Waals surface area contributed by atoms with Crippen molar-refractivity contribution in [1.82, 2.24) is 4.90 Å². The van der Waals surface area contributed by atoms with Gasteiger partial charge in [0, 0.05) is 18.7 Å². The van der Waals surface area contributed by atoms with Crippen LogP contribution in [0.15, 0.2) is 128 Å². The smallest absolute Gasteiger partial charge is 0.339 e. The van der Waals surface area contributed by atoms with Crippen LogP contribution in [-0.2, 0) is 44.5 Å². The number of nitrogens with zero attached hydrogens (tertiary/aromatic N) is 1. The average molecular weight is 884 g/mol. The number of carbonyl (C=O) groups is 6. The number of unbranched alkanes of at least 4 members (excludes halogenated alkanes) is 6. The zero-order valence-corrected chi connectivity index (χ0v) is 36.3. The Morgan fingerprint density at radius 2 is 0.923 bits per heavy atom. The fourth-order valence-corrected chi connectivity index (χ4v) is 7.21. The summed E-state index contributed by atoms with van der Waals surface area (Å²) in [4.78, 5) is 78.4. The second-order valence-corrected chi connectivity index (χ2v) is 15.4. The highest BCUT2D eigenvalue weighted by Gasteiger charge is 2.52. The Balaban J connectivity index is 1.07. The molecule has 0 aromatic heterocycles. The van der Waals surface area contributed by atoms with Gasteiger partial charge in [0.25, 0.3) is 11.8 Å². The molecule has 0 unspecified atom stereocenters. The Hall–Kier alpha value is -7.28. The minimum absolute atomic E-state index is 0.00894. The lowest BCUT2D eigenvalue weighted by Gasteiger charge is -2.17. The standard InChI is InChI=1S/C52H53NO12/c1-3-45(54)62-30-14-7-5-12-28-60-43-24-22-37-32-41(20-18-39(37)34-43)51(58)64-47-48(50(57)53(49(47)56)27-26-36-16-10-9-11-17-36)65-52(59)42-21-19-40-35-44(25-23-38(40)33-42)61-29-13-6-8-15-31-63-46(55)4-2/h3-4,9-11,16-25,32-35,47-48H,1-2,5-8,12-15,26-31H2/t47-,48-/m1/s1. The molecule has 1 heterocycles. The van der Waals surface area contributed by atoms with E-state index in [2.05, 4.69) is 13.2 Å². The van der Waals surface area contributed by atoms with Crippen LogP contribution in [0.5, 0.6) is 11.5 Å². The van der Waals surface area contributed by atoms with Crippen LogP contribution in [0, 0.1) is 0 Å². The van der Waals surface area contributed by atoms with E-state index >= 15 is 0 Å². The van der Waals surface area contributed by atoms with Gasteiger partial charge < -0.3 is 28.4 Å². The number of rotatable bonds is 25. The number of fused-ring (bicyclic) bond motifs is 2. The number of ether oxygens (including phenoxy) is 6. The van der Waals surface area contributed by atoms with Crippen LogP contribution in [0.2, 0.25) is 0 Å². The van der Waals surface area contributed by atoms with Crippen LogP contribution in [0.4, 0.5) is 0 Å². The van der Waals surface area contributed by atoms with Crippen molar-refractivity contribution in [2.24, 2.45) is 0 Å². The summed E-state index contributed by atoms with van der Waals surface area (Å²) >= 11 is 0. The monoisotopic (exact) mass is 883 g/mol. The molecule has 1 aliphatic rings. The van der Waals surface area contributed by atoms with E-state index in [1.165, 1.54) is 0 Å². The quantitative estimate of drug-likeness (QED) is 0.0181. The van der Waals surface area contributed by atoms with Gasteiger partial charge in [0.1, 0.15) is 11.5 Å². The van der Waals surface area contributed by atoms with E-state index in [0.29, 0.717) is 44.3 Å². The molecule has 6 rings (SSSR count). The molecule has 0 spiro atoms. The number of imide groups is 1. The first kappa shape index (κ1) is 47.2. The van der Waals surface area contributed by atoms with E-state index in [4.69, 9.17) is 28.4 Å². The molecular formula is C52H53NO12. The van der Waals surface area contributed by atoms with Gasteiger partial charge in [0.15, 0.2) is 0 Å². The number of esters is 4. The maximum atomic E-state index is 13.9. The van der Waals surface area contributed by atoms with Crippen molar-refractivity contribution in [2.75, 3.05) is 33.0 Å². The molecule has 13 heteroatoms. The number of hydrogen-bond donors (Lipinski definition) is 0. The molecule has 13 nitrogen and oxygen atoms in total. The number of amides is 2. The van der Waals surface area contributed by atoms with Crippen LogP contribution in [0.3, 0.4) is 0 Å². The Bertz CT molecular complexity index is 2350. The molecule has 1 fully saturated rings. The molecule has 2 amide bonds. The lowest BCUT2D eigenvalue weighted by atomic mass is 10.1. The van der Waals surface area contributed by atoms with Crippen molar-refractivity contribution >= 4 is 57.2 Å². The van der Waals surface area contributed by atoms with Gasteiger partial charge in [0.05, 0.1) is 37.6 Å². The predicted molar refractivity (Wildman–Crippen MR) is 243 cm³/mol. The normalized spacial score (nSPS) is 14.5. The Morgan fingerprint density at radius 3 is 1.37 bits per heavy atom. The first-order chi connectivity index (χ1) is 31.6. The van der Waals surface area contributed by atoms with E-state index in [-0.39, 0.29) is 17.7 Å². The molecule has 1 aliphatic heterocycles. The maximum absolute atomic E-state index is 13.9. The van der Waals surface area contributed by atoms with Crippen molar-refractivity contribution in [3.8, 4) is 11.5 Å². The summed E-state index contributed by atoms with van der Waals surface area (Å²) in [5, 5.41) is 3.05. The molecule has 338 valence electrons. The second-order valence-electron chi connectivity index (χ2n) is 15.4. The Morgan fingerprint density at radius 1 is 0.508 bits per heavy atom. The highest BCUT2D eigenvalue weighted by molar-refractivity contribution is 6.10. The van der Waals surface area contributed by atoms with Gasteiger partial charge in [0.2, 0.25) is 12.2 Å². The van der Waals surface area contributed by atoms with Crippen molar-refractivity contribution in [3.63, 3.8) is 0 Å². The zero-order chi connectivity index (χ0) is 46.0. The van der Waals surface area contributed by atoms with Gasteiger partial charge in [-0.1, -0.05) is 67.8 Å². The highest BCUT2D eigenvalue weighted by Crippen LogP contribution is 2.28. The number of carbonyl (C=O) groups excluding carboxylic acids is 6. The van der Waals surface area contributed by atoms with E-state index in [9.17, 15) is 28.8 Å². The van der Waals surface area contributed by atoms with Crippen molar-refractivity contribution < 1.29 is 57.2 Å². The molecule has 1 saturated heterocycles. The van der Waals surface area contributed by atoms with Crippen molar-refractivity contribution in [3.05, 3.63) is 145 Å². The van der Waals surface area contributed by atoms with Gasteiger partial charge in [-0.3, -0.25) is 14.5 Å². The summed E-state index contributed by atoms with van der Waals surface area (Å²) in [5.74, 6) is -2.81. The molecular weight excluding hydrogens is 831 g/mol. The highest BCUT2D eigenvalue weighted by atomic mass is 16.6. The summed E-state index contributed by atoms with van der Waals surface area (Å²) in [6, 6.07) is 30.1. The largest absolute Gasteiger partial charge is 0.494 e. The van der Waals surface area contributed by atoms with E-state index < -0.39 is 47.9 Å². The number of likely N-dealkylation sites (tertiary alicyclic amines) is 1. The summed E-state index contributed by atoms with van der Waals surface area (Å²) < 4.78 is 33.4. The third kappa shape index (κ3) is 13.6. The molecule has 0 bridgehead atoms. The fourth-order valence-electron chi connectivity index (χ4n) is 7.21. The van der Waals surface area contributed by atoms with Crippen LogP contribution < -0.4 is 9.47 Å². The lowest BCUT2D eigenvalue weighted by molar-refractivity contribution is -0.142. The molecule has 0 saturated carbocycles. The molecule has 0 radical (unpaired) electrons. The number of hydrogen-bond acceptors (Lipinski definition) is 12. The second kappa shape index (κ2) is 24.0. The summed E-state index contributed by atoms with van der Waals surface area (Å²) in [5.41, 5.74) is 1.16. The first-order valence-corrected chi connectivity index (χ1v) is 21.9. The Kier molecular flexibility index (Phi) is 17.4. The number of benzene rings is 5. The van der Waals surface area contributed by atoms with Crippen LogP contribution in [0.1, 0.15) is 77.6 Å². The van der Waals surface area contributed by atoms with Gasteiger partial charge in [-0.2, -0.15) is 0 Å². The predicted octanol–water partition coefficient (Wildman–Crippen LogP) is 8.69. The summed E-state index contributed by atoms with van der Waals surface area (Å²) in [6.45, 7) is 8.48. The van der Waals surface area contributed by atoms with Gasteiger partial charge >= 0.3 is 23.9 Å². The molecule has 5 aromatic rings. The van der Waals surface area contributed by atoms with E-state index in [1.54, 1.807) is 48.5 Å². The lowest BCUT2D eigenvalue weighted by Crippen LogP contribution is -2.37. The SMILES string of the molecule is C=CC(=O)OCCCCCCOc1ccc2cc(C(=O)O[C@H]3C(=O)N(CCc4ccccc4)C(=O)[C@@H]3OC(=O)c3ccc4cc(OCCCCCCOC(=O)C=C)ccc4c3)ccc2c1. The minimum Gasteiger partial charge on any atom is -0.494 e.